The van der Waals surface area contributed by atoms with Crippen molar-refractivity contribution in [2.75, 3.05) is 19.7 Å². The average molecular weight is 338 g/mol. The third-order valence-electron chi connectivity index (χ3n) is 4.52. The van der Waals surface area contributed by atoms with Gasteiger partial charge < -0.3 is 14.9 Å². The molecule has 130 valence electrons. The standard InChI is InChI=1S/C20H22N2O3/c23-15-18(13-16-7-3-1-4-8-16)22-12-11-21(19(24)20(22)25)14-17-9-5-2-6-10-17/h1-10,18,23H,11-15H2/t18-/m0/s1. The summed E-state index contributed by atoms with van der Waals surface area (Å²) in [4.78, 5) is 28.1. The van der Waals surface area contributed by atoms with Crippen LogP contribution in [0, 0.1) is 0 Å². The average Bonchev–Trinajstić information content (AvgIpc) is 2.66. The molecule has 3 rings (SSSR count). The highest BCUT2D eigenvalue weighted by molar-refractivity contribution is 6.35. The van der Waals surface area contributed by atoms with E-state index in [1.54, 1.807) is 4.90 Å². The zero-order chi connectivity index (χ0) is 17.6. The van der Waals surface area contributed by atoms with Crippen molar-refractivity contribution in [1.29, 1.82) is 0 Å². The van der Waals surface area contributed by atoms with E-state index in [0.29, 0.717) is 26.1 Å². The molecule has 5 nitrogen and oxygen atoms in total. The van der Waals surface area contributed by atoms with Gasteiger partial charge in [0.25, 0.3) is 0 Å². The van der Waals surface area contributed by atoms with Crippen molar-refractivity contribution in [3.8, 4) is 0 Å². The quantitative estimate of drug-likeness (QED) is 0.811. The lowest BCUT2D eigenvalue weighted by Gasteiger charge is -2.38. The van der Waals surface area contributed by atoms with Gasteiger partial charge in [-0.1, -0.05) is 60.7 Å². The van der Waals surface area contributed by atoms with E-state index >= 15 is 0 Å². The molecule has 2 aromatic rings. The molecule has 1 atom stereocenters. The maximum atomic E-state index is 12.5. The van der Waals surface area contributed by atoms with Gasteiger partial charge in [0.2, 0.25) is 0 Å². The van der Waals surface area contributed by atoms with E-state index in [1.807, 2.05) is 60.7 Å². The van der Waals surface area contributed by atoms with E-state index in [2.05, 4.69) is 0 Å². The molecule has 25 heavy (non-hydrogen) atoms. The molecule has 0 saturated carbocycles. The Bertz CT molecular complexity index is 718. The molecule has 1 fully saturated rings. The lowest BCUT2D eigenvalue weighted by Crippen LogP contribution is -2.58. The summed E-state index contributed by atoms with van der Waals surface area (Å²) in [6.07, 6.45) is 0.537. The molecule has 0 aromatic heterocycles. The number of piperazine rings is 1. The Morgan fingerprint density at radius 2 is 1.44 bits per heavy atom. The van der Waals surface area contributed by atoms with Crippen molar-refractivity contribution in [3.63, 3.8) is 0 Å². The summed E-state index contributed by atoms with van der Waals surface area (Å²) in [5.41, 5.74) is 2.04. The minimum absolute atomic E-state index is 0.160. The van der Waals surface area contributed by atoms with Crippen LogP contribution in [0.5, 0.6) is 0 Å². The van der Waals surface area contributed by atoms with Gasteiger partial charge in [-0.05, 0) is 17.5 Å². The van der Waals surface area contributed by atoms with E-state index in [9.17, 15) is 14.7 Å². The van der Waals surface area contributed by atoms with Gasteiger partial charge in [-0.3, -0.25) is 9.59 Å². The van der Waals surface area contributed by atoms with Gasteiger partial charge in [-0.15, -0.1) is 0 Å². The zero-order valence-corrected chi connectivity index (χ0v) is 14.0. The normalized spacial score (nSPS) is 16.2. The minimum atomic E-state index is -0.530. The fourth-order valence-electron chi connectivity index (χ4n) is 3.15. The summed E-state index contributed by atoms with van der Waals surface area (Å²) in [6, 6.07) is 19.0. The number of hydrogen-bond donors (Lipinski definition) is 1. The first-order valence-electron chi connectivity index (χ1n) is 8.47. The molecular weight excluding hydrogens is 316 g/mol. The topological polar surface area (TPSA) is 60.9 Å². The second-order valence-corrected chi connectivity index (χ2v) is 6.24. The molecule has 1 N–H and O–H groups in total. The Kier molecular flexibility index (Phi) is 5.46. The Hall–Kier alpha value is -2.66. The largest absolute Gasteiger partial charge is 0.394 e. The molecule has 0 radical (unpaired) electrons. The summed E-state index contributed by atoms with van der Waals surface area (Å²) >= 11 is 0. The first-order valence-corrected chi connectivity index (χ1v) is 8.47. The maximum absolute atomic E-state index is 12.5. The fraction of sp³-hybridized carbons (Fsp3) is 0.300. The van der Waals surface area contributed by atoms with Crippen molar-refractivity contribution >= 4 is 11.8 Å². The third-order valence-corrected chi connectivity index (χ3v) is 4.52. The Labute approximate surface area is 147 Å². The molecule has 1 saturated heterocycles. The molecule has 5 heteroatoms. The van der Waals surface area contributed by atoms with Crippen molar-refractivity contribution < 1.29 is 14.7 Å². The van der Waals surface area contributed by atoms with Crippen LogP contribution in [0.3, 0.4) is 0 Å². The van der Waals surface area contributed by atoms with Crippen molar-refractivity contribution in [1.82, 2.24) is 9.80 Å². The highest BCUT2D eigenvalue weighted by Crippen LogP contribution is 2.15. The van der Waals surface area contributed by atoms with Gasteiger partial charge in [-0.2, -0.15) is 0 Å². The third kappa shape index (κ3) is 4.06. The second kappa shape index (κ2) is 7.94. The molecule has 0 bridgehead atoms. The highest BCUT2D eigenvalue weighted by Gasteiger charge is 2.36. The van der Waals surface area contributed by atoms with E-state index in [0.717, 1.165) is 11.1 Å². The number of hydrogen-bond acceptors (Lipinski definition) is 3. The minimum Gasteiger partial charge on any atom is -0.394 e. The smallest absolute Gasteiger partial charge is 0.312 e. The summed E-state index contributed by atoms with van der Waals surface area (Å²) in [7, 11) is 0. The molecule has 0 aliphatic carbocycles. The number of nitrogens with zero attached hydrogens (tertiary/aromatic N) is 2. The van der Waals surface area contributed by atoms with Crippen molar-refractivity contribution in [2.45, 2.75) is 19.0 Å². The molecule has 0 spiro atoms. The predicted octanol–water partition coefficient (Wildman–Crippen LogP) is 1.46. The lowest BCUT2D eigenvalue weighted by atomic mass is 10.0. The second-order valence-electron chi connectivity index (χ2n) is 6.24. The molecule has 1 aliphatic heterocycles. The van der Waals surface area contributed by atoms with Gasteiger partial charge >= 0.3 is 11.8 Å². The summed E-state index contributed by atoms with van der Waals surface area (Å²) < 4.78 is 0. The predicted molar refractivity (Wildman–Crippen MR) is 94.6 cm³/mol. The number of amides is 2. The Balaban J connectivity index is 1.66. The Morgan fingerprint density at radius 3 is 2.04 bits per heavy atom. The number of aliphatic hydroxyl groups excluding tert-OH is 1. The molecule has 0 unspecified atom stereocenters. The Morgan fingerprint density at radius 1 is 0.840 bits per heavy atom. The van der Waals surface area contributed by atoms with Crippen molar-refractivity contribution in [2.24, 2.45) is 0 Å². The van der Waals surface area contributed by atoms with Gasteiger partial charge in [0.15, 0.2) is 0 Å². The van der Waals surface area contributed by atoms with Gasteiger partial charge in [0.05, 0.1) is 12.6 Å². The molecule has 2 aromatic carbocycles. The number of benzene rings is 2. The monoisotopic (exact) mass is 338 g/mol. The van der Waals surface area contributed by atoms with Gasteiger partial charge in [0, 0.05) is 19.6 Å². The van der Waals surface area contributed by atoms with Gasteiger partial charge in [-0.25, -0.2) is 0 Å². The van der Waals surface area contributed by atoms with E-state index in [1.165, 1.54) is 4.90 Å². The van der Waals surface area contributed by atoms with Crippen LogP contribution < -0.4 is 0 Å². The first-order chi connectivity index (χ1) is 12.2. The lowest BCUT2D eigenvalue weighted by molar-refractivity contribution is -0.158. The van der Waals surface area contributed by atoms with Crippen molar-refractivity contribution in [3.05, 3.63) is 71.8 Å². The number of aliphatic hydroxyl groups is 1. The molecule has 1 heterocycles. The van der Waals surface area contributed by atoms with Crippen LogP contribution >= 0.6 is 0 Å². The van der Waals surface area contributed by atoms with Crippen LogP contribution in [0.25, 0.3) is 0 Å². The first kappa shape index (κ1) is 17.2. The van der Waals surface area contributed by atoms with E-state index in [4.69, 9.17) is 0 Å². The number of rotatable bonds is 6. The summed E-state index contributed by atoms with van der Waals surface area (Å²) in [5.74, 6) is -1.03. The van der Waals surface area contributed by atoms with Crippen LogP contribution in [0.15, 0.2) is 60.7 Å². The zero-order valence-electron chi connectivity index (χ0n) is 14.0. The van der Waals surface area contributed by atoms with Crippen LogP contribution in [0.2, 0.25) is 0 Å². The summed E-state index contributed by atoms with van der Waals surface area (Å²) in [5, 5.41) is 9.73. The number of carbonyl (C=O) groups excluding carboxylic acids is 2. The number of carbonyl (C=O) groups is 2. The molecule has 1 aliphatic rings. The van der Waals surface area contributed by atoms with E-state index in [-0.39, 0.29) is 12.6 Å². The highest BCUT2D eigenvalue weighted by atomic mass is 16.3. The summed E-state index contributed by atoms with van der Waals surface area (Å²) in [6.45, 7) is 1.19. The van der Waals surface area contributed by atoms with Crippen LogP contribution in [0.4, 0.5) is 0 Å². The molecular formula is C20H22N2O3. The maximum Gasteiger partial charge on any atom is 0.312 e. The van der Waals surface area contributed by atoms with Crippen LogP contribution in [0.1, 0.15) is 11.1 Å². The van der Waals surface area contributed by atoms with E-state index < -0.39 is 11.8 Å². The fourth-order valence-corrected chi connectivity index (χ4v) is 3.15. The SMILES string of the molecule is O=C1C(=O)N([C@H](CO)Cc2ccccc2)CCN1Cc1ccccc1. The van der Waals surface area contributed by atoms with Gasteiger partial charge in [0.1, 0.15) is 0 Å². The van der Waals surface area contributed by atoms with Crippen LogP contribution in [-0.4, -0.2) is 52.5 Å². The van der Waals surface area contributed by atoms with Crippen LogP contribution in [-0.2, 0) is 22.6 Å². The molecule has 2 amide bonds.